The van der Waals surface area contributed by atoms with Crippen LogP contribution in [0.3, 0.4) is 0 Å². The number of carbonyl (C=O) groups is 2. The summed E-state index contributed by atoms with van der Waals surface area (Å²) in [6, 6.07) is 10.1. The number of fused-ring (bicyclic) bond motifs is 5. The number of hydrogen-bond acceptors (Lipinski definition) is 5. The average Bonchev–Trinajstić information content (AvgIpc) is 3.59. The van der Waals surface area contributed by atoms with Gasteiger partial charge in [0.2, 0.25) is 11.8 Å². The number of nitrogens with zero attached hydrogens (tertiary/aromatic N) is 3. The van der Waals surface area contributed by atoms with Gasteiger partial charge in [-0.2, -0.15) is 0 Å². The number of halogens is 1. The molecule has 2 N–H and O–H groups in total. The predicted molar refractivity (Wildman–Crippen MR) is 140 cm³/mol. The van der Waals surface area contributed by atoms with E-state index in [0.717, 1.165) is 29.2 Å². The predicted octanol–water partition coefficient (Wildman–Crippen LogP) is 3.29. The SMILES string of the molecule is CCNC(=NCc1csc(-c2ccccc2)n1)NCCN1C(=O)C2C3C=CC(C3)C2C1=O.I. The molecule has 2 fully saturated rings. The number of guanidine groups is 1. The zero-order valence-electron chi connectivity index (χ0n) is 18.4. The van der Waals surface area contributed by atoms with Gasteiger partial charge in [-0.05, 0) is 25.2 Å². The first-order chi connectivity index (χ1) is 15.7. The Morgan fingerprint density at radius 1 is 1.12 bits per heavy atom. The zero-order chi connectivity index (χ0) is 22.1. The van der Waals surface area contributed by atoms with E-state index in [1.807, 2.05) is 42.6 Å². The van der Waals surface area contributed by atoms with E-state index in [4.69, 9.17) is 0 Å². The zero-order valence-corrected chi connectivity index (χ0v) is 21.6. The van der Waals surface area contributed by atoms with Crippen molar-refractivity contribution >= 4 is 53.1 Å². The Kier molecular flexibility index (Phi) is 7.48. The summed E-state index contributed by atoms with van der Waals surface area (Å²) in [5.74, 6) is 0.871. The molecular formula is C24H28IN5O2S. The summed E-state index contributed by atoms with van der Waals surface area (Å²) in [5.41, 5.74) is 2.01. The third-order valence-electron chi connectivity index (χ3n) is 6.51. The molecule has 1 saturated heterocycles. The Labute approximate surface area is 214 Å². The second-order valence-electron chi connectivity index (χ2n) is 8.46. The van der Waals surface area contributed by atoms with Crippen molar-refractivity contribution in [2.24, 2.45) is 28.7 Å². The first-order valence-electron chi connectivity index (χ1n) is 11.2. The summed E-state index contributed by atoms with van der Waals surface area (Å²) >= 11 is 1.61. The number of benzene rings is 1. The van der Waals surface area contributed by atoms with E-state index in [9.17, 15) is 9.59 Å². The molecule has 1 saturated carbocycles. The molecule has 1 aromatic heterocycles. The molecule has 1 aliphatic heterocycles. The fourth-order valence-electron chi connectivity index (χ4n) is 5.07. The number of allylic oxidation sites excluding steroid dienone is 2. The quantitative estimate of drug-likeness (QED) is 0.174. The highest BCUT2D eigenvalue weighted by Gasteiger charge is 2.58. The lowest BCUT2D eigenvalue weighted by atomic mass is 9.85. The van der Waals surface area contributed by atoms with Crippen LogP contribution >= 0.6 is 35.3 Å². The number of rotatable bonds is 7. The maximum absolute atomic E-state index is 12.8. The van der Waals surface area contributed by atoms with Gasteiger partial charge in [0.05, 0.1) is 24.1 Å². The van der Waals surface area contributed by atoms with Gasteiger partial charge in [-0.1, -0.05) is 42.5 Å². The normalized spacial score (nSPS) is 25.4. The molecule has 0 radical (unpaired) electrons. The summed E-state index contributed by atoms with van der Waals surface area (Å²) in [7, 11) is 0. The Morgan fingerprint density at radius 2 is 1.82 bits per heavy atom. The van der Waals surface area contributed by atoms with Gasteiger partial charge >= 0.3 is 0 Å². The van der Waals surface area contributed by atoms with Crippen molar-refractivity contribution in [1.82, 2.24) is 20.5 Å². The van der Waals surface area contributed by atoms with Crippen LogP contribution in [0.1, 0.15) is 19.0 Å². The number of carbonyl (C=O) groups excluding carboxylic acids is 2. The highest BCUT2D eigenvalue weighted by atomic mass is 127. The molecule has 2 bridgehead atoms. The number of thiazole rings is 1. The number of nitrogens with one attached hydrogen (secondary N) is 2. The topological polar surface area (TPSA) is 86.7 Å². The van der Waals surface area contributed by atoms with Crippen molar-refractivity contribution in [2.45, 2.75) is 19.9 Å². The minimum absolute atomic E-state index is 0. The van der Waals surface area contributed by atoms with E-state index in [0.29, 0.717) is 25.6 Å². The minimum atomic E-state index is -0.136. The summed E-state index contributed by atoms with van der Waals surface area (Å²) < 4.78 is 0. The summed E-state index contributed by atoms with van der Waals surface area (Å²) in [4.78, 5) is 36.4. The van der Waals surface area contributed by atoms with Crippen molar-refractivity contribution in [2.75, 3.05) is 19.6 Å². The second kappa shape index (κ2) is 10.3. The Balaban J connectivity index is 0.00000259. The van der Waals surface area contributed by atoms with Gasteiger partial charge in [-0.15, -0.1) is 35.3 Å². The number of likely N-dealkylation sites (tertiary alicyclic amines) is 1. The highest BCUT2D eigenvalue weighted by Crippen LogP contribution is 2.52. The summed E-state index contributed by atoms with van der Waals surface area (Å²) in [6.07, 6.45) is 5.20. The maximum Gasteiger partial charge on any atom is 0.233 e. The van der Waals surface area contributed by atoms with Crippen molar-refractivity contribution < 1.29 is 9.59 Å². The molecule has 4 unspecified atom stereocenters. The standard InChI is InChI=1S/C24H27N5O2S.HI/c1-2-25-24(27-13-18-14-32-21(28-18)15-6-4-3-5-7-15)26-10-11-29-22(30)19-16-8-9-17(12-16)20(19)23(29)31;/h3-9,14,16-17,19-20H,2,10-13H2,1H3,(H2,25,26,27);1H. The van der Waals surface area contributed by atoms with E-state index in [1.54, 1.807) is 11.3 Å². The van der Waals surface area contributed by atoms with E-state index < -0.39 is 0 Å². The maximum atomic E-state index is 12.8. The van der Waals surface area contributed by atoms with Crippen LogP contribution in [0, 0.1) is 23.7 Å². The van der Waals surface area contributed by atoms with Gasteiger partial charge in [-0.3, -0.25) is 14.5 Å². The van der Waals surface area contributed by atoms with Crippen LogP contribution in [0.25, 0.3) is 10.6 Å². The van der Waals surface area contributed by atoms with Crippen LogP contribution in [0.15, 0.2) is 52.9 Å². The van der Waals surface area contributed by atoms with Gasteiger partial charge in [0, 0.05) is 30.6 Å². The number of aliphatic imine (C=N–C) groups is 1. The molecule has 2 aromatic rings. The first-order valence-corrected chi connectivity index (χ1v) is 12.1. The largest absolute Gasteiger partial charge is 0.357 e. The minimum Gasteiger partial charge on any atom is -0.357 e. The van der Waals surface area contributed by atoms with E-state index in [1.165, 1.54) is 4.90 Å². The van der Waals surface area contributed by atoms with Crippen molar-refractivity contribution in [1.29, 1.82) is 0 Å². The van der Waals surface area contributed by atoms with E-state index in [2.05, 4.69) is 32.8 Å². The Hall–Kier alpha value is -2.27. The van der Waals surface area contributed by atoms with Crippen molar-refractivity contribution in [3.05, 3.63) is 53.6 Å². The molecule has 9 heteroatoms. The van der Waals surface area contributed by atoms with Gasteiger partial charge in [-0.25, -0.2) is 9.98 Å². The second-order valence-corrected chi connectivity index (χ2v) is 9.32. The van der Waals surface area contributed by atoms with Gasteiger partial charge in [0.1, 0.15) is 5.01 Å². The number of amides is 2. The smallest absolute Gasteiger partial charge is 0.233 e. The van der Waals surface area contributed by atoms with Crippen LogP contribution in [0.5, 0.6) is 0 Å². The molecule has 1 aromatic carbocycles. The fraction of sp³-hybridized carbons (Fsp3) is 0.417. The Bertz CT molecular complexity index is 1040. The molecule has 2 heterocycles. The van der Waals surface area contributed by atoms with E-state index >= 15 is 0 Å². The van der Waals surface area contributed by atoms with Crippen LogP contribution in [0.2, 0.25) is 0 Å². The molecular weight excluding hydrogens is 549 g/mol. The molecule has 2 amide bonds. The number of aromatic nitrogens is 1. The van der Waals surface area contributed by atoms with Crippen LogP contribution in [-0.2, 0) is 16.1 Å². The highest BCUT2D eigenvalue weighted by molar-refractivity contribution is 14.0. The molecule has 5 rings (SSSR count). The summed E-state index contributed by atoms with van der Waals surface area (Å²) in [5, 5.41) is 9.48. The lowest BCUT2D eigenvalue weighted by Crippen LogP contribution is -2.43. The Morgan fingerprint density at radius 3 is 2.48 bits per heavy atom. The first kappa shape index (κ1) is 23.9. The molecule has 33 heavy (non-hydrogen) atoms. The van der Waals surface area contributed by atoms with Crippen LogP contribution in [0.4, 0.5) is 0 Å². The van der Waals surface area contributed by atoms with Crippen molar-refractivity contribution in [3.63, 3.8) is 0 Å². The molecule has 174 valence electrons. The van der Waals surface area contributed by atoms with Gasteiger partial charge < -0.3 is 10.6 Å². The molecule has 2 aliphatic carbocycles. The van der Waals surface area contributed by atoms with E-state index in [-0.39, 0.29) is 59.5 Å². The number of hydrogen-bond donors (Lipinski definition) is 2. The van der Waals surface area contributed by atoms with Crippen LogP contribution < -0.4 is 10.6 Å². The summed E-state index contributed by atoms with van der Waals surface area (Å²) in [6.45, 7) is 4.02. The molecule has 3 aliphatic rings. The lowest BCUT2D eigenvalue weighted by molar-refractivity contribution is -0.140. The fourth-order valence-corrected chi connectivity index (χ4v) is 5.88. The lowest BCUT2D eigenvalue weighted by Gasteiger charge is -2.18. The van der Waals surface area contributed by atoms with Gasteiger partial charge in [0.15, 0.2) is 5.96 Å². The van der Waals surface area contributed by atoms with Crippen LogP contribution in [-0.4, -0.2) is 47.3 Å². The number of imide groups is 1. The molecule has 0 spiro atoms. The average molecular weight is 577 g/mol. The van der Waals surface area contributed by atoms with Gasteiger partial charge in [0.25, 0.3) is 0 Å². The third-order valence-corrected chi connectivity index (χ3v) is 7.45. The molecule has 7 nitrogen and oxygen atoms in total. The van der Waals surface area contributed by atoms with Crippen molar-refractivity contribution in [3.8, 4) is 10.6 Å². The monoisotopic (exact) mass is 577 g/mol. The third kappa shape index (κ3) is 4.70. The molecule has 4 atom stereocenters.